The molecule has 0 aliphatic carbocycles. The summed E-state index contributed by atoms with van der Waals surface area (Å²) in [5, 5.41) is 13.9. The Labute approximate surface area is 143 Å². The van der Waals surface area contributed by atoms with Crippen molar-refractivity contribution in [2.45, 2.75) is 0 Å². The number of anilines is 4. The molecule has 0 bridgehead atoms. The smallest absolute Gasteiger partial charge is 0.249 e. The maximum absolute atomic E-state index is 13.0. The summed E-state index contributed by atoms with van der Waals surface area (Å²) in [5.41, 5.74) is 1.41. The van der Waals surface area contributed by atoms with Crippen LogP contribution in [0.4, 0.5) is 27.5 Å². The van der Waals surface area contributed by atoms with E-state index in [-0.39, 0.29) is 5.82 Å². The number of nitrogens with zero attached hydrogens (tertiary/aromatic N) is 3. The van der Waals surface area contributed by atoms with E-state index in [1.165, 1.54) is 18.3 Å². The fraction of sp³-hybridized carbons (Fsp3) is 0.118. The molecule has 0 atom stereocenters. The van der Waals surface area contributed by atoms with Crippen LogP contribution in [0.1, 0.15) is 0 Å². The number of hydrogen-bond acceptors (Lipinski definition) is 7. The van der Waals surface area contributed by atoms with Gasteiger partial charge in [0.25, 0.3) is 0 Å². The summed E-state index contributed by atoms with van der Waals surface area (Å²) in [7, 11) is 3.13. The number of halogens is 1. The van der Waals surface area contributed by atoms with Crippen molar-refractivity contribution in [3.8, 4) is 11.5 Å². The van der Waals surface area contributed by atoms with E-state index >= 15 is 0 Å². The van der Waals surface area contributed by atoms with E-state index in [1.54, 1.807) is 38.5 Å². The lowest BCUT2D eigenvalue weighted by Crippen LogP contribution is -2.02. The molecule has 1 heterocycles. The molecule has 128 valence electrons. The topological polar surface area (TPSA) is 81.2 Å². The summed E-state index contributed by atoms with van der Waals surface area (Å²) in [6.07, 6.45) is 1.48. The first-order valence-corrected chi connectivity index (χ1v) is 7.39. The van der Waals surface area contributed by atoms with Crippen LogP contribution in [0.25, 0.3) is 0 Å². The Kier molecular flexibility index (Phi) is 4.89. The van der Waals surface area contributed by atoms with Crippen LogP contribution in [0.15, 0.2) is 48.7 Å². The zero-order valence-electron chi connectivity index (χ0n) is 13.7. The van der Waals surface area contributed by atoms with Gasteiger partial charge in [0.15, 0.2) is 17.3 Å². The quantitative estimate of drug-likeness (QED) is 0.710. The minimum Gasteiger partial charge on any atom is -0.493 e. The van der Waals surface area contributed by atoms with Gasteiger partial charge in [-0.15, -0.1) is 5.10 Å². The third-order valence-electron chi connectivity index (χ3n) is 3.32. The minimum atomic E-state index is -0.304. The maximum Gasteiger partial charge on any atom is 0.249 e. The Morgan fingerprint density at radius 3 is 2.32 bits per heavy atom. The average Bonchev–Trinajstić information content (AvgIpc) is 2.64. The summed E-state index contributed by atoms with van der Waals surface area (Å²) in [4.78, 5) is 4.32. The number of hydrogen-bond donors (Lipinski definition) is 2. The first-order chi connectivity index (χ1) is 12.2. The molecule has 0 amide bonds. The average molecular weight is 341 g/mol. The van der Waals surface area contributed by atoms with Gasteiger partial charge in [0, 0.05) is 17.4 Å². The predicted molar refractivity (Wildman–Crippen MR) is 92.3 cm³/mol. The Balaban J connectivity index is 1.76. The number of methoxy groups -OCH3 is 2. The van der Waals surface area contributed by atoms with E-state index in [9.17, 15) is 4.39 Å². The lowest BCUT2D eigenvalue weighted by atomic mass is 10.3. The molecule has 0 radical (unpaired) electrons. The first-order valence-electron chi connectivity index (χ1n) is 7.39. The van der Waals surface area contributed by atoms with Gasteiger partial charge < -0.3 is 20.1 Å². The van der Waals surface area contributed by atoms with Gasteiger partial charge in [0.2, 0.25) is 5.95 Å². The summed E-state index contributed by atoms with van der Waals surface area (Å²) in [6, 6.07) is 11.3. The highest BCUT2D eigenvalue weighted by molar-refractivity contribution is 5.61. The largest absolute Gasteiger partial charge is 0.493 e. The molecule has 0 spiro atoms. The fourth-order valence-electron chi connectivity index (χ4n) is 2.14. The SMILES string of the molecule is COc1ccc(Nc2nncc(Nc3ccc(F)cc3)n2)cc1OC. The number of nitrogens with one attached hydrogen (secondary N) is 2. The molecular formula is C17H16FN5O2. The second kappa shape index (κ2) is 7.43. The molecule has 0 aliphatic rings. The van der Waals surface area contributed by atoms with Gasteiger partial charge in [-0.05, 0) is 36.4 Å². The molecule has 3 rings (SSSR count). The Bertz CT molecular complexity index is 858. The number of rotatable bonds is 6. The number of ether oxygens (including phenoxy) is 2. The van der Waals surface area contributed by atoms with Gasteiger partial charge in [0.1, 0.15) is 5.82 Å². The van der Waals surface area contributed by atoms with Gasteiger partial charge in [-0.1, -0.05) is 0 Å². The van der Waals surface area contributed by atoms with Gasteiger partial charge >= 0.3 is 0 Å². The second-order valence-electron chi connectivity index (χ2n) is 4.99. The third kappa shape index (κ3) is 4.11. The van der Waals surface area contributed by atoms with Crippen molar-refractivity contribution in [3.05, 3.63) is 54.5 Å². The van der Waals surface area contributed by atoms with E-state index in [2.05, 4.69) is 25.8 Å². The lowest BCUT2D eigenvalue weighted by Gasteiger charge is -2.11. The summed E-state index contributed by atoms with van der Waals surface area (Å²) in [5.74, 6) is 1.69. The van der Waals surface area contributed by atoms with E-state index < -0.39 is 0 Å². The highest BCUT2D eigenvalue weighted by atomic mass is 19.1. The Hall–Kier alpha value is -3.42. The fourth-order valence-corrected chi connectivity index (χ4v) is 2.14. The van der Waals surface area contributed by atoms with Gasteiger partial charge in [-0.3, -0.25) is 0 Å². The van der Waals surface area contributed by atoms with Gasteiger partial charge in [-0.25, -0.2) is 4.39 Å². The molecule has 2 N–H and O–H groups in total. The molecule has 0 saturated carbocycles. The normalized spacial score (nSPS) is 10.2. The summed E-state index contributed by atoms with van der Waals surface area (Å²) >= 11 is 0. The standard InChI is InChI=1S/C17H16FN5O2/c1-24-14-8-7-13(9-15(14)25-2)21-17-22-16(10-19-23-17)20-12-5-3-11(18)4-6-12/h3-10H,1-2H3,(H2,20,21,22,23). The molecule has 2 aromatic carbocycles. The number of aromatic nitrogens is 3. The Morgan fingerprint density at radius 1 is 0.880 bits per heavy atom. The second-order valence-corrected chi connectivity index (χ2v) is 4.99. The van der Waals surface area contributed by atoms with Crippen molar-refractivity contribution in [1.29, 1.82) is 0 Å². The van der Waals surface area contributed by atoms with Crippen LogP contribution < -0.4 is 20.1 Å². The molecule has 3 aromatic rings. The first kappa shape index (κ1) is 16.4. The molecule has 0 aliphatic heterocycles. The van der Waals surface area contributed by atoms with Crippen LogP contribution in [0, 0.1) is 5.82 Å². The highest BCUT2D eigenvalue weighted by Gasteiger charge is 2.07. The lowest BCUT2D eigenvalue weighted by molar-refractivity contribution is 0.355. The highest BCUT2D eigenvalue weighted by Crippen LogP contribution is 2.30. The van der Waals surface area contributed by atoms with E-state index in [0.29, 0.717) is 29.0 Å². The van der Waals surface area contributed by atoms with Crippen molar-refractivity contribution in [1.82, 2.24) is 15.2 Å². The molecule has 0 fully saturated rings. The van der Waals surface area contributed by atoms with Crippen LogP contribution in [-0.4, -0.2) is 29.4 Å². The molecule has 0 saturated heterocycles. The van der Waals surface area contributed by atoms with Crippen molar-refractivity contribution >= 4 is 23.1 Å². The van der Waals surface area contributed by atoms with Gasteiger partial charge in [0.05, 0.1) is 20.4 Å². The molecule has 0 unspecified atom stereocenters. The molecule has 8 heteroatoms. The molecule has 7 nitrogen and oxygen atoms in total. The minimum absolute atomic E-state index is 0.304. The predicted octanol–water partition coefficient (Wildman–Crippen LogP) is 3.52. The molecular weight excluding hydrogens is 325 g/mol. The number of benzene rings is 2. The van der Waals surface area contributed by atoms with Crippen molar-refractivity contribution < 1.29 is 13.9 Å². The van der Waals surface area contributed by atoms with Crippen LogP contribution in [0.2, 0.25) is 0 Å². The molecule has 1 aromatic heterocycles. The zero-order chi connectivity index (χ0) is 17.6. The summed E-state index contributed by atoms with van der Waals surface area (Å²) in [6.45, 7) is 0. The molecule has 25 heavy (non-hydrogen) atoms. The van der Waals surface area contributed by atoms with E-state index in [0.717, 1.165) is 5.69 Å². The Morgan fingerprint density at radius 2 is 1.60 bits per heavy atom. The van der Waals surface area contributed by atoms with Crippen molar-refractivity contribution in [2.24, 2.45) is 0 Å². The van der Waals surface area contributed by atoms with Crippen molar-refractivity contribution in [3.63, 3.8) is 0 Å². The van der Waals surface area contributed by atoms with E-state index in [1.807, 2.05) is 6.07 Å². The monoisotopic (exact) mass is 341 g/mol. The van der Waals surface area contributed by atoms with Gasteiger partial charge in [-0.2, -0.15) is 10.1 Å². The van der Waals surface area contributed by atoms with Crippen LogP contribution in [-0.2, 0) is 0 Å². The van der Waals surface area contributed by atoms with Crippen LogP contribution in [0.5, 0.6) is 11.5 Å². The van der Waals surface area contributed by atoms with E-state index in [4.69, 9.17) is 9.47 Å². The summed E-state index contributed by atoms with van der Waals surface area (Å²) < 4.78 is 23.4. The zero-order valence-corrected chi connectivity index (χ0v) is 13.7. The third-order valence-corrected chi connectivity index (χ3v) is 3.32. The van der Waals surface area contributed by atoms with Crippen molar-refractivity contribution in [2.75, 3.05) is 24.9 Å². The van der Waals surface area contributed by atoms with Crippen LogP contribution in [0.3, 0.4) is 0 Å². The van der Waals surface area contributed by atoms with Crippen LogP contribution >= 0.6 is 0 Å². The maximum atomic E-state index is 13.0.